The number of halogens is 1. The number of benzene rings is 1. The second-order valence-corrected chi connectivity index (χ2v) is 5.56. The van der Waals surface area contributed by atoms with Crippen LogP contribution < -0.4 is 5.32 Å². The number of hydrogen-bond donors (Lipinski definition) is 2. The smallest absolute Gasteiger partial charge is 0.306 e. The van der Waals surface area contributed by atoms with Crippen LogP contribution in [-0.4, -0.2) is 17.6 Å². The van der Waals surface area contributed by atoms with Gasteiger partial charge in [-0.25, -0.2) is 4.39 Å². The van der Waals surface area contributed by atoms with Crippen molar-refractivity contribution in [1.29, 1.82) is 0 Å². The number of rotatable bonds is 6. The van der Waals surface area contributed by atoms with Gasteiger partial charge in [-0.3, -0.25) is 4.79 Å². The summed E-state index contributed by atoms with van der Waals surface area (Å²) in [6, 6.07) is 6.68. The monoisotopic (exact) mass is 279 g/mol. The fraction of sp³-hybridized carbons (Fsp3) is 0.562. The largest absolute Gasteiger partial charge is 0.481 e. The molecule has 1 aromatic carbocycles. The first-order chi connectivity index (χ1) is 9.61. The standard InChI is InChI=1S/C16H22FNO2/c1-2-15(11-6-8-13(17)9-7-11)18-10-12-4-3-5-14(12)16(19)20/h6-9,12,14-15,18H,2-5,10H2,1H3,(H,19,20). The first-order valence-corrected chi connectivity index (χ1v) is 7.33. The highest BCUT2D eigenvalue weighted by Crippen LogP contribution is 2.32. The van der Waals surface area contributed by atoms with E-state index in [4.69, 9.17) is 0 Å². The molecule has 20 heavy (non-hydrogen) atoms. The summed E-state index contributed by atoms with van der Waals surface area (Å²) in [6.45, 7) is 2.79. The van der Waals surface area contributed by atoms with Crippen molar-refractivity contribution in [3.63, 3.8) is 0 Å². The lowest BCUT2D eigenvalue weighted by Crippen LogP contribution is -2.31. The highest BCUT2D eigenvalue weighted by atomic mass is 19.1. The van der Waals surface area contributed by atoms with Crippen molar-refractivity contribution in [2.24, 2.45) is 11.8 Å². The van der Waals surface area contributed by atoms with Gasteiger partial charge in [-0.15, -0.1) is 0 Å². The minimum absolute atomic E-state index is 0.158. The SMILES string of the molecule is CCC(NCC1CCCC1C(=O)O)c1ccc(F)cc1. The number of carbonyl (C=O) groups is 1. The Morgan fingerprint density at radius 1 is 1.40 bits per heavy atom. The Labute approximate surface area is 119 Å². The molecule has 1 aliphatic rings. The Bertz CT molecular complexity index is 446. The van der Waals surface area contributed by atoms with Crippen molar-refractivity contribution in [2.75, 3.05) is 6.54 Å². The van der Waals surface area contributed by atoms with Crippen molar-refractivity contribution in [3.8, 4) is 0 Å². The van der Waals surface area contributed by atoms with Gasteiger partial charge in [-0.05, 0) is 49.4 Å². The van der Waals surface area contributed by atoms with Crippen LogP contribution >= 0.6 is 0 Å². The van der Waals surface area contributed by atoms with E-state index >= 15 is 0 Å². The predicted molar refractivity (Wildman–Crippen MR) is 75.9 cm³/mol. The zero-order valence-corrected chi connectivity index (χ0v) is 11.8. The van der Waals surface area contributed by atoms with E-state index in [9.17, 15) is 14.3 Å². The van der Waals surface area contributed by atoms with Gasteiger partial charge in [0.25, 0.3) is 0 Å². The van der Waals surface area contributed by atoms with E-state index in [0.717, 1.165) is 31.2 Å². The third kappa shape index (κ3) is 3.57. The fourth-order valence-electron chi connectivity index (χ4n) is 3.09. The van der Waals surface area contributed by atoms with Crippen molar-refractivity contribution in [3.05, 3.63) is 35.6 Å². The maximum Gasteiger partial charge on any atom is 0.306 e. The molecule has 3 unspecified atom stereocenters. The highest BCUT2D eigenvalue weighted by molar-refractivity contribution is 5.70. The zero-order valence-electron chi connectivity index (χ0n) is 11.8. The molecule has 0 amide bonds. The molecule has 0 aliphatic heterocycles. The minimum atomic E-state index is -0.677. The number of aliphatic carboxylic acids is 1. The Morgan fingerprint density at radius 2 is 2.10 bits per heavy atom. The molecule has 1 saturated carbocycles. The van der Waals surface area contributed by atoms with Crippen LogP contribution in [-0.2, 0) is 4.79 Å². The molecule has 1 fully saturated rings. The minimum Gasteiger partial charge on any atom is -0.481 e. The maximum absolute atomic E-state index is 12.9. The van der Waals surface area contributed by atoms with Crippen LogP contribution in [0.2, 0.25) is 0 Å². The maximum atomic E-state index is 12.9. The van der Waals surface area contributed by atoms with Crippen LogP contribution in [0.3, 0.4) is 0 Å². The Morgan fingerprint density at radius 3 is 2.70 bits per heavy atom. The molecular formula is C16H22FNO2. The van der Waals surface area contributed by atoms with Crippen LogP contribution in [0.5, 0.6) is 0 Å². The fourth-order valence-corrected chi connectivity index (χ4v) is 3.09. The van der Waals surface area contributed by atoms with E-state index in [0.29, 0.717) is 6.54 Å². The molecular weight excluding hydrogens is 257 g/mol. The molecule has 1 aliphatic carbocycles. The van der Waals surface area contributed by atoms with E-state index in [1.54, 1.807) is 12.1 Å². The Hall–Kier alpha value is -1.42. The Kier molecular flexibility index (Phi) is 5.12. The van der Waals surface area contributed by atoms with Gasteiger partial charge in [0.15, 0.2) is 0 Å². The molecule has 2 N–H and O–H groups in total. The van der Waals surface area contributed by atoms with Crippen LogP contribution in [0, 0.1) is 17.7 Å². The first kappa shape index (κ1) is 15.0. The molecule has 110 valence electrons. The van der Waals surface area contributed by atoms with Gasteiger partial charge in [0, 0.05) is 6.04 Å². The molecule has 0 radical (unpaired) electrons. The molecule has 3 nitrogen and oxygen atoms in total. The highest BCUT2D eigenvalue weighted by Gasteiger charge is 2.32. The van der Waals surface area contributed by atoms with Crippen LogP contribution in [0.25, 0.3) is 0 Å². The summed E-state index contributed by atoms with van der Waals surface area (Å²) in [5.74, 6) is -0.912. The second-order valence-electron chi connectivity index (χ2n) is 5.56. The molecule has 0 heterocycles. The molecule has 0 bridgehead atoms. The summed E-state index contributed by atoms with van der Waals surface area (Å²) in [7, 11) is 0. The summed E-state index contributed by atoms with van der Waals surface area (Å²) < 4.78 is 12.9. The number of carboxylic acid groups (broad SMARTS) is 1. The molecule has 0 aromatic heterocycles. The van der Waals surface area contributed by atoms with Gasteiger partial charge in [-0.2, -0.15) is 0 Å². The first-order valence-electron chi connectivity index (χ1n) is 7.33. The van der Waals surface area contributed by atoms with Crippen molar-refractivity contribution >= 4 is 5.97 Å². The van der Waals surface area contributed by atoms with Crippen molar-refractivity contribution in [2.45, 2.75) is 38.6 Å². The molecule has 0 spiro atoms. The van der Waals surface area contributed by atoms with E-state index < -0.39 is 5.97 Å². The van der Waals surface area contributed by atoms with Gasteiger partial charge in [-0.1, -0.05) is 25.5 Å². The van der Waals surface area contributed by atoms with Gasteiger partial charge in [0.2, 0.25) is 0 Å². The topological polar surface area (TPSA) is 49.3 Å². The van der Waals surface area contributed by atoms with Crippen LogP contribution in [0.4, 0.5) is 4.39 Å². The Balaban J connectivity index is 1.94. The van der Waals surface area contributed by atoms with E-state index in [-0.39, 0.29) is 23.7 Å². The molecule has 1 aromatic rings. The lowest BCUT2D eigenvalue weighted by molar-refractivity contribution is -0.142. The van der Waals surface area contributed by atoms with Gasteiger partial charge < -0.3 is 10.4 Å². The number of hydrogen-bond acceptors (Lipinski definition) is 2. The third-order valence-corrected chi connectivity index (χ3v) is 4.28. The lowest BCUT2D eigenvalue weighted by Gasteiger charge is -2.22. The zero-order chi connectivity index (χ0) is 14.5. The molecule has 4 heteroatoms. The summed E-state index contributed by atoms with van der Waals surface area (Å²) in [5.41, 5.74) is 1.05. The predicted octanol–water partition coefficient (Wildman–Crippen LogP) is 3.37. The second kappa shape index (κ2) is 6.84. The van der Waals surface area contributed by atoms with Gasteiger partial charge >= 0.3 is 5.97 Å². The molecule has 0 saturated heterocycles. The normalized spacial score (nSPS) is 23.7. The number of nitrogens with one attached hydrogen (secondary N) is 1. The lowest BCUT2D eigenvalue weighted by atomic mass is 9.95. The summed E-state index contributed by atoms with van der Waals surface area (Å²) in [4.78, 5) is 11.2. The van der Waals surface area contributed by atoms with Crippen LogP contribution in [0.15, 0.2) is 24.3 Å². The summed E-state index contributed by atoms with van der Waals surface area (Å²) >= 11 is 0. The van der Waals surface area contributed by atoms with E-state index in [2.05, 4.69) is 12.2 Å². The van der Waals surface area contributed by atoms with Gasteiger partial charge in [0.1, 0.15) is 5.82 Å². The van der Waals surface area contributed by atoms with Crippen LogP contribution in [0.1, 0.15) is 44.2 Å². The average Bonchev–Trinajstić information content (AvgIpc) is 2.90. The summed E-state index contributed by atoms with van der Waals surface area (Å²) in [5, 5.41) is 12.6. The van der Waals surface area contributed by atoms with E-state index in [1.165, 1.54) is 12.1 Å². The third-order valence-electron chi connectivity index (χ3n) is 4.28. The number of carboxylic acids is 1. The van der Waals surface area contributed by atoms with Gasteiger partial charge in [0.05, 0.1) is 5.92 Å². The van der Waals surface area contributed by atoms with Crippen molar-refractivity contribution < 1.29 is 14.3 Å². The average molecular weight is 279 g/mol. The summed E-state index contributed by atoms with van der Waals surface area (Å²) in [6.07, 6.45) is 3.66. The molecule has 3 atom stereocenters. The van der Waals surface area contributed by atoms with E-state index in [1.807, 2.05) is 0 Å². The quantitative estimate of drug-likeness (QED) is 0.839. The molecule has 2 rings (SSSR count). The van der Waals surface area contributed by atoms with Crippen molar-refractivity contribution in [1.82, 2.24) is 5.32 Å².